The first kappa shape index (κ1) is 14.3. The van der Waals surface area contributed by atoms with E-state index in [1.807, 2.05) is 48.7 Å². The van der Waals surface area contributed by atoms with Gasteiger partial charge in [0, 0.05) is 21.2 Å². The Bertz CT molecular complexity index is 565. The highest BCUT2D eigenvalue weighted by Gasteiger charge is 2.39. The average Bonchev–Trinajstić information content (AvgIpc) is 2.82. The molecule has 4 heteroatoms. The Balaban J connectivity index is 2.43. The lowest BCUT2D eigenvalue weighted by Gasteiger charge is -2.28. The Morgan fingerprint density at radius 2 is 2.05 bits per heavy atom. The van der Waals surface area contributed by atoms with Gasteiger partial charge in [0.2, 0.25) is 0 Å². The van der Waals surface area contributed by atoms with Gasteiger partial charge in [-0.3, -0.25) is 4.79 Å². The van der Waals surface area contributed by atoms with Gasteiger partial charge in [-0.2, -0.15) is 0 Å². The van der Waals surface area contributed by atoms with Gasteiger partial charge in [-0.1, -0.05) is 37.3 Å². The molecule has 0 spiro atoms. The van der Waals surface area contributed by atoms with E-state index in [4.69, 9.17) is 0 Å². The van der Waals surface area contributed by atoms with Crippen molar-refractivity contribution < 1.29 is 9.90 Å². The van der Waals surface area contributed by atoms with Crippen molar-refractivity contribution in [3.8, 4) is 0 Å². The summed E-state index contributed by atoms with van der Waals surface area (Å²) in [5.41, 5.74) is 0.0282. The van der Waals surface area contributed by atoms with E-state index in [1.54, 1.807) is 11.3 Å². The molecule has 1 aromatic carbocycles. The Hall–Kier alpha value is -1.13. The smallest absolute Gasteiger partial charge is 0.314 e. The minimum Gasteiger partial charge on any atom is -0.481 e. The number of benzene rings is 1. The molecule has 100 valence electrons. The van der Waals surface area contributed by atoms with Crippen molar-refractivity contribution in [1.82, 2.24) is 0 Å². The topological polar surface area (TPSA) is 37.3 Å². The molecule has 0 aliphatic carbocycles. The predicted molar refractivity (Wildman–Crippen MR) is 81.8 cm³/mol. The van der Waals surface area contributed by atoms with Crippen molar-refractivity contribution in [1.29, 1.82) is 0 Å². The van der Waals surface area contributed by atoms with Crippen LogP contribution in [0.4, 0.5) is 0 Å². The molecule has 1 heterocycles. The zero-order valence-corrected chi connectivity index (χ0v) is 13.0. The predicted octanol–water partition coefficient (Wildman–Crippen LogP) is 4.49. The normalized spacial score (nSPS) is 14.0. The fraction of sp³-hybridized carbons (Fsp3) is 0.267. The van der Waals surface area contributed by atoms with Crippen LogP contribution in [0.1, 0.15) is 23.8 Å². The molecule has 2 nitrogen and oxygen atoms in total. The summed E-state index contributed by atoms with van der Waals surface area (Å²) in [5, 5.41) is 11.7. The van der Waals surface area contributed by atoms with Crippen molar-refractivity contribution in [2.24, 2.45) is 0 Å². The van der Waals surface area contributed by atoms with E-state index in [0.717, 1.165) is 14.9 Å². The van der Waals surface area contributed by atoms with Crippen LogP contribution >= 0.6 is 27.3 Å². The lowest BCUT2D eigenvalue weighted by atomic mass is 9.75. The van der Waals surface area contributed by atoms with Gasteiger partial charge in [-0.25, -0.2) is 0 Å². The number of carboxylic acids is 1. The number of hydrogen-bond donors (Lipinski definition) is 1. The van der Waals surface area contributed by atoms with E-state index in [-0.39, 0.29) is 0 Å². The summed E-state index contributed by atoms with van der Waals surface area (Å²) in [7, 11) is 0. The van der Waals surface area contributed by atoms with E-state index in [0.29, 0.717) is 12.8 Å². The van der Waals surface area contributed by atoms with Gasteiger partial charge in [-0.15, -0.1) is 11.3 Å². The van der Waals surface area contributed by atoms with Crippen LogP contribution in [0.2, 0.25) is 0 Å². The molecule has 0 saturated heterocycles. The maximum absolute atomic E-state index is 11.9. The van der Waals surface area contributed by atoms with Crippen molar-refractivity contribution >= 4 is 33.2 Å². The molecular formula is C15H15BrO2S. The molecule has 0 radical (unpaired) electrons. The summed E-state index contributed by atoms with van der Waals surface area (Å²) in [4.78, 5) is 12.9. The van der Waals surface area contributed by atoms with Crippen LogP contribution in [0.3, 0.4) is 0 Å². The highest BCUT2D eigenvalue weighted by Crippen LogP contribution is 2.35. The van der Waals surface area contributed by atoms with Crippen molar-refractivity contribution in [2.45, 2.75) is 25.2 Å². The third-order valence-electron chi connectivity index (χ3n) is 3.44. The van der Waals surface area contributed by atoms with Crippen LogP contribution in [0.5, 0.6) is 0 Å². The molecule has 1 unspecified atom stereocenters. The molecule has 0 bridgehead atoms. The molecule has 1 N–H and O–H groups in total. The van der Waals surface area contributed by atoms with Crippen molar-refractivity contribution in [3.63, 3.8) is 0 Å². The Morgan fingerprint density at radius 1 is 1.37 bits per heavy atom. The van der Waals surface area contributed by atoms with E-state index >= 15 is 0 Å². The monoisotopic (exact) mass is 338 g/mol. The second kappa shape index (κ2) is 5.88. The van der Waals surface area contributed by atoms with Gasteiger partial charge in [-0.05, 0) is 34.0 Å². The number of carbonyl (C=O) groups is 1. The summed E-state index contributed by atoms with van der Waals surface area (Å²) in [6.07, 6.45) is 1.10. The molecule has 1 atom stereocenters. The number of thiophene rings is 1. The third kappa shape index (κ3) is 2.90. The van der Waals surface area contributed by atoms with Crippen LogP contribution in [0.15, 0.2) is 46.3 Å². The lowest BCUT2D eigenvalue weighted by Crippen LogP contribution is -2.37. The average molecular weight is 339 g/mol. The summed E-state index contributed by atoms with van der Waals surface area (Å²) in [6, 6.07) is 11.5. The quantitative estimate of drug-likeness (QED) is 0.872. The maximum Gasteiger partial charge on any atom is 0.314 e. The fourth-order valence-electron chi connectivity index (χ4n) is 2.28. The van der Waals surface area contributed by atoms with Gasteiger partial charge >= 0.3 is 5.97 Å². The Labute approximate surface area is 125 Å². The highest BCUT2D eigenvalue weighted by atomic mass is 79.9. The number of halogens is 1. The first-order chi connectivity index (χ1) is 9.08. The molecule has 0 aliphatic heterocycles. The minimum atomic E-state index is -0.842. The summed E-state index contributed by atoms with van der Waals surface area (Å²) in [5.74, 6) is -0.759. The SMILES string of the molecule is CCC(Cc1cc(Br)cs1)(C(=O)O)c1ccccc1. The van der Waals surface area contributed by atoms with Crippen molar-refractivity contribution in [3.05, 3.63) is 56.7 Å². The van der Waals surface area contributed by atoms with E-state index < -0.39 is 11.4 Å². The first-order valence-corrected chi connectivity index (χ1v) is 7.77. The molecule has 0 fully saturated rings. The summed E-state index contributed by atoms with van der Waals surface area (Å²) >= 11 is 5.01. The maximum atomic E-state index is 11.9. The number of hydrogen-bond acceptors (Lipinski definition) is 2. The van der Waals surface area contributed by atoms with Gasteiger partial charge in [0.1, 0.15) is 0 Å². The second-order valence-electron chi connectivity index (χ2n) is 4.51. The van der Waals surface area contributed by atoms with Crippen LogP contribution in [-0.4, -0.2) is 11.1 Å². The van der Waals surface area contributed by atoms with Gasteiger partial charge in [0.05, 0.1) is 5.41 Å². The Kier molecular flexibility index (Phi) is 4.42. The van der Waals surface area contributed by atoms with Crippen LogP contribution in [0.25, 0.3) is 0 Å². The molecular weight excluding hydrogens is 324 g/mol. The lowest BCUT2D eigenvalue weighted by molar-refractivity contribution is -0.144. The second-order valence-corrected chi connectivity index (χ2v) is 6.43. The van der Waals surface area contributed by atoms with Gasteiger partial charge < -0.3 is 5.11 Å². The van der Waals surface area contributed by atoms with Crippen LogP contribution < -0.4 is 0 Å². The summed E-state index contributed by atoms with van der Waals surface area (Å²) in [6.45, 7) is 1.93. The minimum absolute atomic E-state index is 0.527. The van der Waals surface area contributed by atoms with Crippen LogP contribution in [-0.2, 0) is 16.6 Å². The van der Waals surface area contributed by atoms with E-state index in [1.165, 1.54) is 0 Å². The molecule has 1 aromatic heterocycles. The fourth-order valence-corrected chi connectivity index (χ4v) is 3.85. The molecule has 0 amide bonds. The molecule has 2 aromatic rings. The zero-order chi connectivity index (χ0) is 13.9. The molecule has 0 aliphatic rings. The van der Waals surface area contributed by atoms with E-state index in [2.05, 4.69) is 15.9 Å². The number of rotatable bonds is 5. The van der Waals surface area contributed by atoms with E-state index in [9.17, 15) is 9.90 Å². The number of carboxylic acid groups (broad SMARTS) is 1. The largest absolute Gasteiger partial charge is 0.481 e. The summed E-state index contributed by atoms with van der Waals surface area (Å²) < 4.78 is 1.01. The highest BCUT2D eigenvalue weighted by molar-refractivity contribution is 9.10. The molecule has 0 saturated carbocycles. The first-order valence-electron chi connectivity index (χ1n) is 6.10. The van der Waals surface area contributed by atoms with Crippen molar-refractivity contribution in [2.75, 3.05) is 0 Å². The molecule has 19 heavy (non-hydrogen) atoms. The molecule has 2 rings (SSSR count). The number of aliphatic carboxylic acids is 1. The van der Waals surface area contributed by atoms with Crippen LogP contribution in [0, 0.1) is 0 Å². The third-order valence-corrected chi connectivity index (χ3v) is 5.13. The zero-order valence-electron chi connectivity index (χ0n) is 10.6. The standard InChI is InChI=1S/C15H15BrO2S/c1-2-15(14(17)18,11-6-4-3-5-7-11)9-13-8-12(16)10-19-13/h3-8,10H,2,9H2,1H3,(H,17,18). The Morgan fingerprint density at radius 3 is 2.53 bits per heavy atom. The van der Waals surface area contributed by atoms with Gasteiger partial charge in [0.25, 0.3) is 0 Å². The van der Waals surface area contributed by atoms with Gasteiger partial charge in [0.15, 0.2) is 0 Å².